The standard InChI is InChI=1S/C21H25FN2O3/c1-5-24(6-2)19(25)15-8-7-9-17(14-15)23-20(26)21(3,4)27-18-12-10-16(22)11-13-18/h7-14H,5-6H2,1-4H3,(H,23,26). The molecule has 2 aromatic carbocycles. The third kappa shape index (κ3) is 5.29. The summed E-state index contributed by atoms with van der Waals surface area (Å²) in [5, 5.41) is 2.78. The smallest absolute Gasteiger partial charge is 0.267 e. The van der Waals surface area contributed by atoms with E-state index in [-0.39, 0.29) is 17.6 Å². The van der Waals surface area contributed by atoms with Gasteiger partial charge in [-0.2, -0.15) is 0 Å². The molecule has 0 bridgehead atoms. The normalized spacial score (nSPS) is 11.0. The highest BCUT2D eigenvalue weighted by molar-refractivity contribution is 5.99. The Labute approximate surface area is 159 Å². The highest BCUT2D eigenvalue weighted by Crippen LogP contribution is 2.21. The Morgan fingerprint density at radius 2 is 1.70 bits per heavy atom. The van der Waals surface area contributed by atoms with E-state index in [2.05, 4.69) is 5.32 Å². The Balaban J connectivity index is 2.11. The monoisotopic (exact) mass is 372 g/mol. The van der Waals surface area contributed by atoms with E-state index in [9.17, 15) is 14.0 Å². The van der Waals surface area contributed by atoms with Crippen LogP contribution in [0, 0.1) is 5.82 Å². The molecule has 5 nitrogen and oxygen atoms in total. The van der Waals surface area contributed by atoms with Gasteiger partial charge in [-0.1, -0.05) is 6.07 Å². The number of rotatable bonds is 7. The maximum absolute atomic E-state index is 13.0. The maximum Gasteiger partial charge on any atom is 0.267 e. The molecule has 0 fully saturated rings. The molecule has 2 rings (SSSR count). The van der Waals surface area contributed by atoms with Crippen molar-refractivity contribution < 1.29 is 18.7 Å². The van der Waals surface area contributed by atoms with E-state index in [1.165, 1.54) is 24.3 Å². The van der Waals surface area contributed by atoms with Crippen molar-refractivity contribution in [3.8, 4) is 5.75 Å². The zero-order chi connectivity index (χ0) is 20.0. The highest BCUT2D eigenvalue weighted by atomic mass is 19.1. The fourth-order valence-corrected chi connectivity index (χ4v) is 2.55. The summed E-state index contributed by atoms with van der Waals surface area (Å²) in [5.74, 6) is -0.446. The summed E-state index contributed by atoms with van der Waals surface area (Å²) < 4.78 is 18.7. The summed E-state index contributed by atoms with van der Waals surface area (Å²) in [6.45, 7) is 8.31. The number of anilines is 1. The lowest BCUT2D eigenvalue weighted by Gasteiger charge is -2.25. The van der Waals surface area contributed by atoms with Crippen LogP contribution >= 0.6 is 0 Å². The number of hydrogen-bond donors (Lipinski definition) is 1. The van der Waals surface area contributed by atoms with Gasteiger partial charge in [0.05, 0.1) is 0 Å². The molecule has 0 aliphatic heterocycles. The first-order chi connectivity index (χ1) is 12.8. The first-order valence-electron chi connectivity index (χ1n) is 8.92. The summed E-state index contributed by atoms with van der Waals surface area (Å²) in [6.07, 6.45) is 0. The number of benzene rings is 2. The molecular formula is C21H25FN2O3. The predicted octanol–water partition coefficient (Wildman–Crippen LogP) is 4.10. The van der Waals surface area contributed by atoms with Gasteiger partial charge in [-0.05, 0) is 70.2 Å². The molecule has 0 aliphatic rings. The molecular weight excluding hydrogens is 347 g/mol. The van der Waals surface area contributed by atoms with Gasteiger partial charge in [-0.3, -0.25) is 9.59 Å². The topological polar surface area (TPSA) is 58.6 Å². The minimum atomic E-state index is -1.18. The molecule has 0 saturated heterocycles. The molecule has 0 radical (unpaired) electrons. The van der Waals surface area contributed by atoms with Gasteiger partial charge < -0.3 is 15.0 Å². The molecule has 0 unspecified atom stereocenters. The Morgan fingerprint density at radius 1 is 1.07 bits per heavy atom. The first-order valence-corrected chi connectivity index (χ1v) is 8.92. The van der Waals surface area contributed by atoms with E-state index < -0.39 is 5.60 Å². The van der Waals surface area contributed by atoms with Crippen molar-refractivity contribution in [1.29, 1.82) is 0 Å². The predicted molar refractivity (Wildman–Crippen MR) is 103 cm³/mol. The summed E-state index contributed by atoms with van der Waals surface area (Å²) in [5.41, 5.74) is -0.168. The minimum absolute atomic E-state index is 0.0853. The van der Waals surface area contributed by atoms with Crippen molar-refractivity contribution in [3.05, 3.63) is 59.9 Å². The summed E-state index contributed by atoms with van der Waals surface area (Å²) in [6, 6.07) is 12.3. The SMILES string of the molecule is CCN(CC)C(=O)c1cccc(NC(=O)C(C)(C)Oc2ccc(F)cc2)c1. The molecule has 0 spiro atoms. The second-order valence-corrected chi connectivity index (χ2v) is 6.58. The zero-order valence-corrected chi connectivity index (χ0v) is 16.1. The average Bonchev–Trinajstić information content (AvgIpc) is 2.64. The Morgan fingerprint density at radius 3 is 2.30 bits per heavy atom. The fourth-order valence-electron chi connectivity index (χ4n) is 2.55. The average molecular weight is 372 g/mol. The van der Waals surface area contributed by atoms with Gasteiger partial charge in [-0.25, -0.2) is 4.39 Å². The van der Waals surface area contributed by atoms with Crippen molar-refractivity contribution in [3.63, 3.8) is 0 Å². The number of halogens is 1. The van der Waals surface area contributed by atoms with E-state index in [1.807, 2.05) is 13.8 Å². The summed E-state index contributed by atoms with van der Waals surface area (Å²) in [7, 11) is 0. The number of nitrogens with one attached hydrogen (secondary N) is 1. The second-order valence-electron chi connectivity index (χ2n) is 6.58. The highest BCUT2D eigenvalue weighted by Gasteiger charge is 2.30. The Bertz CT molecular complexity index is 799. The molecule has 0 aliphatic carbocycles. The van der Waals surface area contributed by atoms with Crippen molar-refractivity contribution in [2.75, 3.05) is 18.4 Å². The summed E-state index contributed by atoms with van der Waals surface area (Å²) >= 11 is 0. The van der Waals surface area contributed by atoms with E-state index in [1.54, 1.807) is 43.0 Å². The van der Waals surface area contributed by atoms with Crippen molar-refractivity contribution >= 4 is 17.5 Å². The molecule has 0 aromatic heterocycles. The van der Waals surface area contributed by atoms with Gasteiger partial charge in [0, 0.05) is 24.3 Å². The first kappa shape index (κ1) is 20.4. The molecule has 6 heteroatoms. The molecule has 144 valence electrons. The molecule has 27 heavy (non-hydrogen) atoms. The van der Waals surface area contributed by atoms with Crippen molar-refractivity contribution in [2.45, 2.75) is 33.3 Å². The van der Waals surface area contributed by atoms with Crippen LogP contribution < -0.4 is 10.1 Å². The van der Waals surface area contributed by atoms with E-state index >= 15 is 0 Å². The Kier molecular flexibility index (Phi) is 6.55. The zero-order valence-electron chi connectivity index (χ0n) is 16.1. The largest absolute Gasteiger partial charge is 0.478 e. The molecule has 0 atom stereocenters. The van der Waals surface area contributed by atoms with Gasteiger partial charge in [0.1, 0.15) is 11.6 Å². The van der Waals surface area contributed by atoms with Crippen LogP contribution in [0.4, 0.5) is 10.1 Å². The number of carbonyl (C=O) groups excluding carboxylic acids is 2. The number of hydrogen-bond acceptors (Lipinski definition) is 3. The fraction of sp³-hybridized carbons (Fsp3) is 0.333. The third-order valence-corrected chi connectivity index (χ3v) is 4.15. The summed E-state index contributed by atoms with van der Waals surface area (Å²) in [4.78, 5) is 26.8. The second kappa shape index (κ2) is 8.66. The lowest BCUT2D eigenvalue weighted by atomic mass is 10.1. The lowest BCUT2D eigenvalue weighted by molar-refractivity contribution is -0.128. The third-order valence-electron chi connectivity index (χ3n) is 4.15. The molecule has 0 heterocycles. The minimum Gasteiger partial charge on any atom is -0.478 e. The van der Waals surface area contributed by atoms with Crippen LogP contribution in [0.25, 0.3) is 0 Å². The molecule has 2 aromatic rings. The van der Waals surface area contributed by atoms with Crippen LogP contribution in [0.15, 0.2) is 48.5 Å². The van der Waals surface area contributed by atoms with Crippen LogP contribution in [0.1, 0.15) is 38.1 Å². The van der Waals surface area contributed by atoms with Gasteiger partial charge in [0.25, 0.3) is 11.8 Å². The Hall–Kier alpha value is -2.89. The van der Waals surface area contributed by atoms with Crippen LogP contribution in [-0.2, 0) is 4.79 Å². The van der Waals surface area contributed by atoms with Gasteiger partial charge in [0.2, 0.25) is 0 Å². The van der Waals surface area contributed by atoms with Crippen molar-refractivity contribution in [1.82, 2.24) is 4.90 Å². The number of carbonyl (C=O) groups is 2. The van der Waals surface area contributed by atoms with Crippen molar-refractivity contribution in [2.24, 2.45) is 0 Å². The van der Waals surface area contributed by atoms with E-state index in [0.717, 1.165) is 0 Å². The molecule has 1 N–H and O–H groups in total. The van der Waals surface area contributed by atoms with E-state index in [0.29, 0.717) is 30.1 Å². The lowest BCUT2D eigenvalue weighted by Crippen LogP contribution is -2.42. The van der Waals surface area contributed by atoms with Gasteiger partial charge in [-0.15, -0.1) is 0 Å². The number of amides is 2. The molecule has 2 amide bonds. The van der Waals surface area contributed by atoms with Crippen LogP contribution in [0.5, 0.6) is 5.75 Å². The number of ether oxygens (including phenoxy) is 1. The van der Waals surface area contributed by atoms with E-state index in [4.69, 9.17) is 4.74 Å². The van der Waals surface area contributed by atoms with Gasteiger partial charge in [0.15, 0.2) is 5.60 Å². The number of nitrogens with zero attached hydrogens (tertiary/aromatic N) is 1. The van der Waals surface area contributed by atoms with Crippen LogP contribution in [-0.4, -0.2) is 35.4 Å². The quantitative estimate of drug-likeness (QED) is 0.796. The van der Waals surface area contributed by atoms with Crippen LogP contribution in [0.2, 0.25) is 0 Å². The molecule has 0 saturated carbocycles. The maximum atomic E-state index is 13.0. The van der Waals surface area contributed by atoms with Gasteiger partial charge >= 0.3 is 0 Å². The van der Waals surface area contributed by atoms with Crippen LogP contribution in [0.3, 0.4) is 0 Å².